The Morgan fingerprint density at radius 1 is 1.39 bits per heavy atom. The van der Waals surface area contributed by atoms with Gasteiger partial charge in [-0.2, -0.15) is 13.2 Å². The number of nitrogens with zero attached hydrogens (tertiary/aromatic N) is 2. The van der Waals surface area contributed by atoms with E-state index in [1.54, 1.807) is 30.4 Å². The summed E-state index contributed by atoms with van der Waals surface area (Å²) in [6.45, 7) is 3.34. The zero-order valence-electron chi connectivity index (χ0n) is 10.6. The van der Waals surface area contributed by atoms with Gasteiger partial charge in [-0.25, -0.2) is 0 Å². The highest BCUT2D eigenvalue weighted by atomic mass is 19.4. The fourth-order valence-corrected chi connectivity index (χ4v) is 1.60. The van der Waals surface area contributed by atoms with Crippen LogP contribution in [0.5, 0.6) is 0 Å². The molecule has 3 nitrogen and oxygen atoms in total. The van der Waals surface area contributed by atoms with Crippen LogP contribution in [0, 0.1) is 0 Å². The molecule has 0 aliphatic carbocycles. The van der Waals surface area contributed by atoms with Crippen LogP contribution in [-0.2, 0) is 6.54 Å². The van der Waals surface area contributed by atoms with E-state index in [0.29, 0.717) is 6.54 Å². The largest absolute Gasteiger partial charge is 0.390 e. The Hall–Kier alpha value is -1.30. The van der Waals surface area contributed by atoms with Gasteiger partial charge in [0.1, 0.15) is 0 Å². The molecule has 1 rings (SSSR count). The average molecular weight is 261 g/mol. The van der Waals surface area contributed by atoms with Crippen LogP contribution in [0.25, 0.3) is 0 Å². The summed E-state index contributed by atoms with van der Waals surface area (Å²) < 4.78 is 36.6. The summed E-state index contributed by atoms with van der Waals surface area (Å²) in [4.78, 5) is 5.61. The van der Waals surface area contributed by atoms with E-state index >= 15 is 0 Å². The quantitative estimate of drug-likeness (QED) is 0.853. The van der Waals surface area contributed by atoms with Gasteiger partial charge in [0.2, 0.25) is 0 Å². The number of rotatable bonds is 6. The molecule has 0 amide bonds. The Morgan fingerprint density at radius 3 is 2.72 bits per heavy atom. The van der Waals surface area contributed by atoms with Crippen molar-refractivity contribution in [1.29, 1.82) is 0 Å². The standard InChI is InChI=1S/C12H18F3N3/c1-3-16-8-10-9-17-6-4-11(10)18(2)7-5-12(13,14)15/h4,6,9,16H,3,5,7-8H2,1-2H3. The van der Waals surface area contributed by atoms with Crippen LogP contribution >= 0.6 is 0 Å². The van der Waals surface area contributed by atoms with Crippen molar-refractivity contribution in [3.63, 3.8) is 0 Å². The second-order valence-electron chi connectivity index (χ2n) is 4.07. The highest BCUT2D eigenvalue weighted by Gasteiger charge is 2.27. The predicted octanol–water partition coefficient (Wildman–Crippen LogP) is 2.58. The topological polar surface area (TPSA) is 28.2 Å². The number of halogens is 3. The smallest absolute Gasteiger partial charge is 0.374 e. The van der Waals surface area contributed by atoms with Crippen molar-refractivity contribution in [2.45, 2.75) is 26.1 Å². The molecule has 6 heteroatoms. The summed E-state index contributed by atoms with van der Waals surface area (Å²) in [5.74, 6) is 0. The number of pyridine rings is 1. The molecular weight excluding hydrogens is 243 g/mol. The molecule has 0 radical (unpaired) electrons. The minimum Gasteiger partial charge on any atom is -0.374 e. The summed E-state index contributed by atoms with van der Waals surface area (Å²) in [7, 11) is 1.66. The molecule has 1 aromatic rings. The monoisotopic (exact) mass is 261 g/mol. The zero-order valence-corrected chi connectivity index (χ0v) is 10.6. The molecule has 0 saturated carbocycles. The molecule has 0 aliphatic rings. The Labute approximate surface area is 105 Å². The number of alkyl halides is 3. The van der Waals surface area contributed by atoms with Crippen LogP contribution < -0.4 is 10.2 Å². The first-order chi connectivity index (χ1) is 8.44. The first-order valence-electron chi connectivity index (χ1n) is 5.85. The van der Waals surface area contributed by atoms with Crippen molar-refractivity contribution < 1.29 is 13.2 Å². The van der Waals surface area contributed by atoms with Gasteiger partial charge in [-0.3, -0.25) is 4.98 Å². The lowest BCUT2D eigenvalue weighted by atomic mass is 10.2. The maximum Gasteiger partial charge on any atom is 0.390 e. The van der Waals surface area contributed by atoms with E-state index in [4.69, 9.17) is 0 Å². The zero-order chi connectivity index (χ0) is 13.6. The molecule has 1 N–H and O–H groups in total. The first kappa shape index (κ1) is 14.8. The average Bonchev–Trinajstić information content (AvgIpc) is 2.33. The van der Waals surface area contributed by atoms with Gasteiger partial charge in [0.25, 0.3) is 0 Å². The van der Waals surface area contributed by atoms with Gasteiger partial charge < -0.3 is 10.2 Å². The lowest BCUT2D eigenvalue weighted by molar-refractivity contribution is -0.132. The van der Waals surface area contributed by atoms with E-state index in [-0.39, 0.29) is 6.54 Å². The molecule has 18 heavy (non-hydrogen) atoms. The van der Waals surface area contributed by atoms with E-state index in [0.717, 1.165) is 17.8 Å². The second kappa shape index (κ2) is 6.58. The predicted molar refractivity (Wildman–Crippen MR) is 65.6 cm³/mol. The molecule has 0 fully saturated rings. The lowest BCUT2D eigenvalue weighted by Crippen LogP contribution is -2.26. The van der Waals surface area contributed by atoms with Gasteiger partial charge in [-0.05, 0) is 12.6 Å². The van der Waals surface area contributed by atoms with Gasteiger partial charge in [-0.15, -0.1) is 0 Å². The third-order valence-corrected chi connectivity index (χ3v) is 2.59. The van der Waals surface area contributed by atoms with Crippen molar-refractivity contribution in [2.75, 3.05) is 25.0 Å². The van der Waals surface area contributed by atoms with E-state index in [1.807, 2.05) is 6.92 Å². The summed E-state index contributed by atoms with van der Waals surface area (Å²) >= 11 is 0. The van der Waals surface area contributed by atoms with Gasteiger partial charge in [0.05, 0.1) is 6.42 Å². The molecule has 1 heterocycles. The van der Waals surface area contributed by atoms with Gasteiger partial charge in [-0.1, -0.05) is 6.92 Å². The number of aromatic nitrogens is 1. The van der Waals surface area contributed by atoms with Crippen molar-refractivity contribution in [3.8, 4) is 0 Å². The van der Waals surface area contributed by atoms with Crippen LogP contribution in [0.3, 0.4) is 0 Å². The van der Waals surface area contributed by atoms with Crippen molar-refractivity contribution in [2.24, 2.45) is 0 Å². The lowest BCUT2D eigenvalue weighted by Gasteiger charge is -2.22. The minimum atomic E-state index is -4.12. The van der Waals surface area contributed by atoms with E-state index in [1.165, 1.54) is 0 Å². The maximum atomic E-state index is 12.2. The highest BCUT2D eigenvalue weighted by Crippen LogP contribution is 2.23. The summed E-state index contributed by atoms with van der Waals surface area (Å²) in [5.41, 5.74) is 1.69. The molecule has 0 aliphatic heterocycles. The summed E-state index contributed by atoms with van der Waals surface area (Å²) in [6.07, 6.45) is -1.66. The van der Waals surface area contributed by atoms with Crippen molar-refractivity contribution >= 4 is 5.69 Å². The van der Waals surface area contributed by atoms with Crippen LogP contribution in [0.15, 0.2) is 18.5 Å². The van der Waals surface area contributed by atoms with Crippen LogP contribution in [0.1, 0.15) is 18.9 Å². The second-order valence-corrected chi connectivity index (χ2v) is 4.07. The minimum absolute atomic E-state index is 0.0490. The number of hydrogen-bond acceptors (Lipinski definition) is 3. The third-order valence-electron chi connectivity index (χ3n) is 2.59. The molecule has 0 aromatic carbocycles. The fraction of sp³-hybridized carbons (Fsp3) is 0.583. The van der Waals surface area contributed by atoms with Gasteiger partial charge in [0.15, 0.2) is 0 Å². The Balaban J connectivity index is 2.69. The summed E-state index contributed by atoms with van der Waals surface area (Å²) in [6, 6.07) is 1.74. The first-order valence-corrected chi connectivity index (χ1v) is 5.85. The number of nitrogens with one attached hydrogen (secondary N) is 1. The SMILES string of the molecule is CCNCc1cnccc1N(C)CCC(F)(F)F. The molecule has 0 bridgehead atoms. The fourth-order valence-electron chi connectivity index (χ4n) is 1.60. The molecule has 0 spiro atoms. The highest BCUT2D eigenvalue weighted by molar-refractivity contribution is 5.51. The number of hydrogen-bond donors (Lipinski definition) is 1. The summed E-state index contributed by atoms with van der Waals surface area (Å²) in [5, 5.41) is 3.14. The molecule has 1 aromatic heterocycles. The van der Waals surface area contributed by atoms with Crippen LogP contribution in [0.4, 0.5) is 18.9 Å². The Bertz CT molecular complexity index is 366. The van der Waals surface area contributed by atoms with E-state index in [2.05, 4.69) is 10.3 Å². The molecule has 0 unspecified atom stereocenters. The number of anilines is 1. The van der Waals surface area contributed by atoms with Gasteiger partial charge >= 0.3 is 6.18 Å². The Morgan fingerprint density at radius 2 is 2.11 bits per heavy atom. The van der Waals surface area contributed by atoms with E-state index in [9.17, 15) is 13.2 Å². The normalized spacial score (nSPS) is 11.6. The van der Waals surface area contributed by atoms with Crippen LogP contribution in [0.2, 0.25) is 0 Å². The van der Waals surface area contributed by atoms with Gasteiger partial charge in [0, 0.05) is 43.8 Å². The molecule has 0 saturated heterocycles. The Kier molecular flexibility index (Phi) is 5.40. The maximum absolute atomic E-state index is 12.2. The molecule has 0 atom stereocenters. The molecular formula is C12H18F3N3. The molecule has 102 valence electrons. The van der Waals surface area contributed by atoms with Crippen molar-refractivity contribution in [3.05, 3.63) is 24.0 Å². The van der Waals surface area contributed by atoms with E-state index < -0.39 is 12.6 Å². The van der Waals surface area contributed by atoms with Crippen molar-refractivity contribution in [1.82, 2.24) is 10.3 Å². The third kappa shape index (κ3) is 4.91. The van der Waals surface area contributed by atoms with Crippen LogP contribution in [-0.4, -0.2) is 31.3 Å².